The first kappa shape index (κ1) is 15.4. The molecule has 0 saturated heterocycles. The molecule has 1 aromatic carbocycles. The van der Waals surface area contributed by atoms with E-state index in [0.717, 1.165) is 22.0 Å². The number of nitrogens with zero attached hydrogens (tertiary/aromatic N) is 2. The molecule has 24 heavy (non-hydrogen) atoms. The topological polar surface area (TPSA) is 29.9 Å². The van der Waals surface area contributed by atoms with E-state index in [1.807, 2.05) is 42.4 Å². The maximum absolute atomic E-state index is 5.61. The molecule has 1 atom stereocenters. The van der Waals surface area contributed by atoms with Crippen molar-refractivity contribution in [2.24, 2.45) is 0 Å². The van der Waals surface area contributed by atoms with Crippen LogP contribution in [0.5, 0.6) is 0 Å². The predicted molar refractivity (Wildman–Crippen MR) is 105 cm³/mol. The first-order valence-corrected chi connectivity index (χ1v) is 9.28. The smallest absolute Gasteiger partial charge is 0.111 e. The van der Waals surface area contributed by atoms with Gasteiger partial charge in [-0.3, -0.25) is 4.98 Å². The number of thioether (sulfide) groups is 1. The second-order valence-corrected chi connectivity index (χ2v) is 7.28. The van der Waals surface area contributed by atoms with Gasteiger partial charge in [0.1, 0.15) is 10.4 Å². The molecule has 2 aromatic heterocycles. The van der Waals surface area contributed by atoms with Gasteiger partial charge in [-0.15, -0.1) is 11.8 Å². The molecule has 0 amide bonds. The Hall–Kier alpha value is -2.11. The van der Waals surface area contributed by atoms with E-state index in [0.29, 0.717) is 0 Å². The van der Waals surface area contributed by atoms with E-state index >= 15 is 0 Å². The van der Waals surface area contributed by atoms with Crippen molar-refractivity contribution in [2.45, 2.75) is 18.1 Å². The van der Waals surface area contributed by atoms with Crippen LogP contribution in [0.25, 0.3) is 0 Å². The van der Waals surface area contributed by atoms with Gasteiger partial charge in [-0.1, -0.05) is 42.5 Å². The van der Waals surface area contributed by atoms with Gasteiger partial charge in [-0.2, -0.15) is 0 Å². The Morgan fingerprint density at radius 1 is 1.25 bits per heavy atom. The zero-order valence-corrected chi connectivity index (χ0v) is 14.9. The summed E-state index contributed by atoms with van der Waals surface area (Å²) in [6.07, 6.45) is 5.89. The molecule has 3 heterocycles. The molecule has 0 bridgehead atoms. The molecule has 5 heteroatoms. The highest BCUT2D eigenvalue weighted by Gasteiger charge is 2.26. The summed E-state index contributed by atoms with van der Waals surface area (Å²) < 4.78 is 2.31. The average molecular weight is 352 g/mol. The van der Waals surface area contributed by atoms with Gasteiger partial charge in [0.25, 0.3) is 0 Å². The van der Waals surface area contributed by atoms with Gasteiger partial charge >= 0.3 is 0 Å². The van der Waals surface area contributed by atoms with Crippen LogP contribution in [0.3, 0.4) is 0 Å². The molecule has 120 valence electrons. The van der Waals surface area contributed by atoms with E-state index in [4.69, 9.17) is 12.2 Å². The van der Waals surface area contributed by atoms with Crippen LogP contribution in [0, 0.1) is 6.92 Å². The molecular weight excluding hydrogens is 334 g/mol. The quantitative estimate of drug-likeness (QED) is 0.688. The summed E-state index contributed by atoms with van der Waals surface area (Å²) in [5, 5.41) is 3.72. The van der Waals surface area contributed by atoms with Gasteiger partial charge in [0.2, 0.25) is 0 Å². The van der Waals surface area contributed by atoms with Crippen molar-refractivity contribution in [1.29, 1.82) is 0 Å². The van der Waals surface area contributed by atoms with E-state index in [2.05, 4.69) is 52.3 Å². The molecule has 4 rings (SSSR count). The fraction of sp³-hybridized carbons (Fsp3) is 0.158. The fourth-order valence-corrected chi connectivity index (χ4v) is 4.65. The average Bonchev–Trinajstić information content (AvgIpc) is 3.19. The summed E-state index contributed by atoms with van der Waals surface area (Å²) in [5.41, 5.74) is 5.88. The van der Waals surface area contributed by atoms with Crippen LogP contribution in [0.15, 0.2) is 61.1 Å². The second-order valence-electron chi connectivity index (χ2n) is 5.80. The summed E-state index contributed by atoms with van der Waals surface area (Å²) in [6, 6.07) is 14.4. The van der Waals surface area contributed by atoms with Crippen molar-refractivity contribution >= 4 is 34.7 Å². The molecule has 0 saturated carbocycles. The first-order chi connectivity index (χ1) is 11.7. The summed E-state index contributed by atoms with van der Waals surface area (Å²) in [5.74, 6) is 0.964. The molecule has 0 radical (unpaired) electrons. The van der Waals surface area contributed by atoms with Crippen molar-refractivity contribution in [3.05, 3.63) is 83.4 Å². The van der Waals surface area contributed by atoms with Crippen LogP contribution in [-0.2, 0) is 5.75 Å². The van der Waals surface area contributed by atoms with Crippen LogP contribution in [0.1, 0.15) is 27.8 Å². The Labute approximate surface area is 151 Å². The van der Waals surface area contributed by atoms with Crippen molar-refractivity contribution in [2.75, 3.05) is 5.32 Å². The number of pyridine rings is 1. The highest BCUT2D eigenvalue weighted by molar-refractivity contribution is 7.99. The Morgan fingerprint density at radius 2 is 2.12 bits per heavy atom. The molecule has 1 unspecified atom stereocenters. The number of fused-ring (bicyclic) bond motifs is 1. The third-order valence-corrected chi connectivity index (χ3v) is 5.84. The molecule has 0 spiro atoms. The van der Waals surface area contributed by atoms with Crippen LogP contribution < -0.4 is 5.32 Å². The number of hydrogen-bond acceptors (Lipinski definition) is 3. The largest absolute Gasteiger partial charge is 0.345 e. The van der Waals surface area contributed by atoms with Gasteiger partial charge < -0.3 is 9.88 Å². The van der Waals surface area contributed by atoms with Gasteiger partial charge in [0, 0.05) is 35.5 Å². The standard InChI is InChI=1S/C19H17N3S2/c1-13-5-2-3-7-15(13)18(23)21-16-8-10-22-17(16)12-24-19(22)14-6-4-9-20-11-14/h2-11,19H,12H2,1H3,(H,21,23). The number of benzene rings is 1. The minimum Gasteiger partial charge on any atom is -0.345 e. The number of aromatic nitrogens is 2. The Kier molecular flexibility index (Phi) is 4.12. The lowest BCUT2D eigenvalue weighted by molar-refractivity contribution is 0.778. The van der Waals surface area contributed by atoms with Crippen molar-refractivity contribution in [3.63, 3.8) is 0 Å². The lowest BCUT2D eigenvalue weighted by Crippen LogP contribution is -2.12. The minimum absolute atomic E-state index is 0.288. The number of anilines is 1. The lowest BCUT2D eigenvalue weighted by atomic mass is 10.1. The molecular formula is C19H17N3S2. The molecule has 1 aliphatic rings. The van der Waals surface area contributed by atoms with Crippen LogP contribution in [0.4, 0.5) is 5.69 Å². The van der Waals surface area contributed by atoms with Crippen LogP contribution >= 0.6 is 24.0 Å². The normalized spacial score (nSPS) is 16.0. The molecule has 1 aliphatic heterocycles. The van der Waals surface area contributed by atoms with Gasteiger partial charge in [0.15, 0.2) is 0 Å². The van der Waals surface area contributed by atoms with E-state index in [9.17, 15) is 0 Å². The summed E-state index contributed by atoms with van der Waals surface area (Å²) >= 11 is 7.52. The SMILES string of the molecule is Cc1ccccc1C(=S)Nc1ccn2c1CSC2c1cccnc1. The van der Waals surface area contributed by atoms with Gasteiger partial charge in [-0.05, 0) is 24.6 Å². The molecule has 1 N–H and O–H groups in total. The Balaban J connectivity index is 1.60. The Morgan fingerprint density at radius 3 is 2.92 bits per heavy atom. The van der Waals surface area contributed by atoms with Crippen molar-refractivity contribution in [3.8, 4) is 0 Å². The number of rotatable bonds is 3. The number of aryl methyl sites for hydroxylation is 1. The van der Waals surface area contributed by atoms with E-state index < -0.39 is 0 Å². The van der Waals surface area contributed by atoms with E-state index in [1.54, 1.807) is 0 Å². The maximum atomic E-state index is 5.61. The summed E-state index contributed by atoms with van der Waals surface area (Å²) in [4.78, 5) is 5.02. The molecule has 3 aromatic rings. The van der Waals surface area contributed by atoms with E-state index in [1.165, 1.54) is 16.8 Å². The van der Waals surface area contributed by atoms with E-state index in [-0.39, 0.29) is 5.37 Å². The zero-order chi connectivity index (χ0) is 16.5. The Bertz CT molecular complexity index is 887. The molecule has 0 fully saturated rings. The number of thiocarbonyl (C=S) groups is 1. The second kappa shape index (κ2) is 6.42. The monoisotopic (exact) mass is 351 g/mol. The van der Waals surface area contributed by atoms with Crippen molar-refractivity contribution in [1.82, 2.24) is 9.55 Å². The van der Waals surface area contributed by atoms with Crippen molar-refractivity contribution < 1.29 is 0 Å². The molecule has 3 nitrogen and oxygen atoms in total. The van der Waals surface area contributed by atoms with Gasteiger partial charge in [-0.25, -0.2) is 0 Å². The van der Waals surface area contributed by atoms with Crippen LogP contribution in [0.2, 0.25) is 0 Å². The van der Waals surface area contributed by atoms with Gasteiger partial charge in [0.05, 0.1) is 11.4 Å². The minimum atomic E-state index is 0.288. The number of nitrogens with one attached hydrogen (secondary N) is 1. The third-order valence-electron chi connectivity index (χ3n) is 4.26. The maximum Gasteiger partial charge on any atom is 0.111 e. The van der Waals surface area contributed by atoms with Crippen LogP contribution in [-0.4, -0.2) is 14.5 Å². The summed E-state index contributed by atoms with van der Waals surface area (Å²) in [6.45, 7) is 2.09. The summed E-state index contributed by atoms with van der Waals surface area (Å²) in [7, 11) is 0. The zero-order valence-electron chi connectivity index (χ0n) is 13.3. The highest BCUT2D eigenvalue weighted by Crippen LogP contribution is 2.43. The fourth-order valence-electron chi connectivity index (χ4n) is 3.00. The third kappa shape index (κ3) is 2.74. The molecule has 0 aliphatic carbocycles. The highest BCUT2D eigenvalue weighted by atomic mass is 32.2. The predicted octanol–water partition coefficient (Wildman–Crippen LogP) is 4.77. The lowest BCUT2D eigenvalue weighted by Gasteiger charge is -2.12. The first-order valence-electron chi connectivity index (χ1n) is 7.82. The number of hydrogen-bond donors (Lipinski definition) is 1.